The van der Waals surface area contributed by atoms with Crippen molar-refractivity contribution < 1.29 is 9.53 Å². The lowest BCUT2D eigenvalue weighted by atomic mass is 10.2. The Morgan fingerprint density at radius 3 is 2.89 bits per heavy atom. The average Bonchev–Trinajstić information content (AvgIpc) is 3.23. The van der Waals surface area contributed by atoms with Gasteiger partial charge in [-0.1, -0.05) is 29.8 Å². The van der Waals surface area contributed by atoms with Crippen LogP contribution in [0, 0.1) is 0 Å². The number of rotatable bonds is 7. The molecule has 19 heavy (non-hydrogen) atoms. The van der Waals surface area contributed by atoms with Crippen molar-refractivity contribution in [3.05, 3.63) is 34.9 Å². The smallest absolute Gasteiger partial charge is 0.323 e. The molecule has 0 amide bonds. The standard InChI is InChI=1S/C14H18ClNO2S/c1-18-14(17)13(16-11-6-7-11)9-19-8-10-4-2-3-5-12(10)15/h2-5,11,13,16H,6-9H2,1H3. The van der Waals surface area contributed by atoms with E-state index in [1.807, 2.05) is 24.3 Å². The number of nitrogens with one attached hydrogen (secondary N) is 1. The van der Waals surface area contributed by atoms with Crippen molar-refractivity contribution in [3.63, 3.8) is 0 Å². The third kappa shape index (κ3) is 4.71. The maximum Gasteiger partial charge on any atom is 0.323 e. The second kappa shape index (κ2) is 7.17. The third-order valence-electron chi connectivity index (χ3n) is 3.00. The van der Waals surface area contributed by atoms with Crippen LogP contribution < -0.4 is 5.32 Å². The number of halogens is 1. The summed E-state index contributed by atoms with van der Waals surface area (Å²) in [5.74, 6) is 1.33. The maximum atomic E-state index is 11.7. The number of benzene rings is 1. The zero-order chi connectivity index (χ0) is 13.7. The van der Waals surface area contributed by atoms with E-state index in [1.54, 1.807) is 11.8 Å². The summed E-state index contributed by atoms with van der Waals surface area (Å²) in [7, 11) is 1.43. The van der Waals surface area contributed by atoms with Crippen molar-refractivity contribution in [3.8, 4) is 0 Å². The Kier molecular flexibility index (Phi) is 5.55. The summed E-state index contributed by atoms with van der Waals surface area (Å²) < 4.78 is 4.83. The Hall–Kier alpha value is -0.710. The Bertz CT molecular complexity index is 437. The molecule has 1 aromatic carbocycles. The van der Waals surface area contributed by atoms with Gasteiger partial charge < -0.3 is 10.1 Å². The van der Waals surface area contributed by atoms with Gasteiger partial charge in [-0.2, -0.15) is 11.8 Å². The van der Waals surface area contributed by atoms with E-state index in [0.717, 1.165) is 29.2 Å². The second-order valence-corrected chi connectivity index (χ2v) is 6.06. The van der Waals surface area contributed by atoms with Gasteiger partial charge in [0.1, 0.15) is 6.04 Å². The molecular formula is C14H18ClNO2S. The van der Waals surface area contributed by atoms with Gasteiger partial charge in [0.2, 0.25) is 0 Å². The van der Waals surface area contributed by atoms with Crippen molar-refractivity contribution in [1.82, 2.24) is 5.32 Å². The van der Waals surface area contributed by atoms with E-state index in [4.69, 9.17) is 16.3 Å². The number of hydrogen-bond donors (Lipinski definition) is 1. The summed E-state index contributed by atoms with van der Waals surface area (Å²) in [6, 6.07) is 8.06. The fourth-order valence-electron chi connectivity index (χ4n) is 1.76. The van der Waals surface area contributed by atoms with Crippen LogP contribution in [0.5, 0.6) is 0 Å². The monoisotopic (exact) mass is 299 g/mol. The van der Waals surface area contributed by atoms with Crippen LogP contribution in [0.1, 0.15) is 18.4 Å². The van der Waals surface area contributed by atoms with E-state index in [0.29, 0.717) is 11.8 Å². The summed E-state index contributed by atoms with van der Waals surface area (Å²) in [5.41, 5.74) is 1.10. The summed E-state index contributed by atoms with van der Waals surface area (Å²) in [4.78, 5) is 11.7. The van der Waals surface area contributed by atoms with E-state index in [1.165, 1.54) is 7.11 Å². The highest BCUT2D eigenvalue weighted by molar-refractivity contribution is 7.98. The molecule has 1 fully saturated rings. The Morgan fingerprint density at radius 2 is 2.26 bits per heavy atom. The Balaban J connectivity index is 1.81. The van der Waals surface area contributed by atoms with Gasteiger partial charge in [0.25, 0.3) is 0 Å². The van der Waals surface area contributed by atoms with E-state index < -0.39 is 0 Å². The lowest BCUT2D eigenvalue weighted by Gasteiger charge is -2.15. The fraction of sp³-hybridized carbons (Fsp3) is 0.500. The minimum atomic E-state index is -0.218. The first kappa shape index (κ1) is 14.7. The summed E-state index contributed by atoms with van der Waals surface area (Å²) in [6.07, 6.45) is 2.31. The van der Waals surface area contributed by atoms with Crippen LogP contribution in [0.4, 0.5) is 0 Å². The molecule has 0 aromatic heterocycles. The average molecular weight is 300 g/mol. The van der Waals surface area contributed by atoms with Gasteiger partial charge in [-0.05, 0) is 24.5 Å². The highest BCUT2D eigenvalue weighted by Gasteiger charge is 2.28. The predicted molar refractivity (Wildman–Crippen MR) is 79.6 cm³/mol. The zero-order valence-electron chi connectivity index (χ0n) is 10.9. The van der Waals surface area contributed by atoms with Gasteiger partial charge in [-0.25, -0.2) is 0 Å². The number of carbonyl (C=O) groups is 1. The molecule has 5 heteroatoms. The molecule has 2 rings (SSSR count). The molecule has 0 heterocycles. The van der Waals surface area contributed by atoms with Crippen LogP contribution in [-0.2, 0) is 15.3 Å². The molecule has 1 atom stereocenters. The summed E-state index contributed by atoms with van der Waals surface area (Å²) in [6.45, 7) is 0. The van der Waals surface area contributed by atoms with Crippen LogP contribution in [0.25, 0.3) is 0 Å². The number of ether oxygens (including phenoxy) is 1. The van der Waals surface area contributed by atoms with E-state index >= 15 is 0 Å². The third-order valence-corrected chi connectivity index (χ3v) is 4.45. The number of thioether (sulfide) groups is 1. The molecule has 0 radical (unpaired) electrons. The number of methoxy groups -OCH3 is 1. The number of esters is 1. The molecule has 1 aliphatic carbocycles. The van der Waals surface area contributed by atoms with Gasteiger partial charge in [0, 0.05) is 22.6 Å². The largest absolute Gasteiger partial charge is 0.468 e. The van der Waals surface area contributed by atoms with Crippen molar-refractivity contribution in [2.24, 2.45) is 0 Å². The molecule has 0 saturated heterocycles. The highest BCUT2D eigenvalue weighted by atomic mass is 35.5. The Morgan fingerprint density at radius 1 is 1.53 bits per heavy atom. The van der Waals surface area contributed by atoms with Crippen LogP contribution in [-0.4, -0.2) is 30.9 Å². The predicted octanol–water partition coefficient (Wildman–Crippen LogP) is 2.87. The molecule has 1 unspecified atom stereocenters. The number of carbonyl (C=O) groups excluding carboxylic acids is 1. The molecule has 1 aliphatic rings. The Labute approximate surface area is 123 Å². The van der Waals surface area contributed by atoms with Gasteiger partial charge in [-0.15, -0.1) is 0 Å². The summed E-state index contributed by atoms with van der Waals surface area (Å²) >= 11 is 7.80. The second-order valence-electron chi connectivity index (χ2n) is 4.62. The number of hydrogen-bond acceptors (Lipinski definition) is 4. The minimum Gasteiger partial charge on any atom is -0.468 e. The van der Waals surface area contributed by atoms with Gasteiger partial charge in [0.15, 0.2) is 0 Å². The van der Waals surface area contributed by atoms with Crippen molar-refractivity contribution >= 4 is 29.3 Å². The van der Waals surface area contributed by atoms with Crippen LogP contribution in [0.15, 0.2) is 24.3 Å². The highest BCUT2D eigenvalue weighted by Crippen LogP contribution is 2.23. The maximum absolute atomic E-state index is 11.7. The molecule has 3 nitrogen and oxygen atoms in total. The first-order valence-electron chi connectivity index (χ1n) is 6.35. The fourth-order valence-corrected chi connectivity index (χ4v) is 3.10. The van der Waals surface area contributed by atoms with Gasteiger partial charge >= 0.3 is 5.97 Å². The van der Waals surface area contributed by atoms with E-state index in [-0.39, 0.29) is 12.0 Å². The van der Waals surface area contributed by atoms with Crippen LogP contribution >= 0.6 is 23.4 Å². The molecule has 0 aliphatic heterocycles. The van der Waals surface area contributed by atoms with Crippen LogP contribution in [0.2, 0.25) is 5.02 Å². The minimum absolute atomic E-state index is 0.182. The summed E-state index contributed by atoms with van der Waals surface area (Å²) in [5, 5.41) is 4.09. The molecule has 1 saturated carbocycles. The molecule has 0 spiro atoms. The lowest BCUT2D eigenvalue weighted by molar-refractivity contribution is -0.142. The van der Waals surface area contributed by atoms with Crippen molar-refractivity contribution in [2.45, 2.75) is 30.7 Å². The lowest BCUT2D eigenvalue weighted by Crippen LogP contribution is -2.41. The quantitative estimate of drug-likeness (QED) is 0.786. The van der Waals surface area contributed by atoms with E-state index in [2.05, 4.69) is 5.32 Å². The van der Waals surface area contributed by atoms with Gasteiger partial charge in [-0.3, -0.25) is 4.79 Å². The molecule has 1 N–H and O–H groups in total. The van der Waals surface area contributed by atoms with Crippen molar-refractivity contribution in [1.29, 1.82) is 0 Å². The van der Waals surface area contributed by atoms with Crippen molar-refractivity contribution in [2.75, 3.05) is 12.9 Å². The van der Waals surface area contributed by atoms with Gasteiger partial charge in [0.05, 0.1) is 7.11 Å². The zero-order valence-corrected chi connectivity index (χ0v) is 12.5. The molecule has 104 valence electrons. The molecular weight excluding hydrogens is 282 g/mol. The molecule has 1 aromatic rings. The normalized spacial score (nSPS) is 16.1. The van der Waals surface area contributed by atoms with Crippen LogP contribution in [0.3, 0.4) is 0 Å². The molecule has 0 bridgehead atoms. The first-order chi connectivity index (χ1) is 9.20. The first-order valence-corrected chi connectivity index (χ1v) is 7.89. The topological polar surface area (TPSA) is 38.3 Å². The van der Waals surface area contributed by atoms with E-state index in [9.17, 15) is 4.79 Å². The SMILES string of the molecule is COC(=O)C(CSCc1ccccc1Cl)NC1CC1.